The molecule has 34 heavy (non-hydrogen) atoms. The normalized spacial score (nSPS) is 11.6. The molecule has 4 nitrogen and oxygen atoms in total. The van der Waals surface area contributed by atoms with E-state index < -0.39 is 11.9 Å². The first-order valence-corrected chi connectivity index (χ1v) is 14.4. The topological polar surface area (TPSA) is 52.6 Å². The summed E-state index contributed by atoms with van der Waals surface area (Å²) < 4.78 is 10.3. The Bertz CT molecular complexity index is 452. The fraction of sp³-hybridized carbons (Fsp3) is 0.867. The molecule has 0 amide bonds. The van der Waals surface area contributed by atoms with Gasteiger partial charge in [0, 0.05) is 12.2 Å². The Hall–Kier alpha value is -1.32. The predicted molar refractivity (Wildman–Crippen MR) is 144 cm³/mol. The second-order valence-electron chi connectivity index (χ2n) is 10.7. The van der Waals surface area contributed by atoms with Crippen molar-refractivity contribution < 1.29 is 19.1 Å². The highest BCUT2D eigenvalue weighted by molar-refractivity contribution is 5.91. The smallest absolute Gasteiger partial charge is 0.331 e. The van der Waals surface area contributed by atoms with Crippen LogP contribution in [0.5, 0.6) is 0 Å². The lowest BCUT2D eigenvalue weighted by Crippen LogP contribution is -2.06. The minimum Gasteiger partial charge on any atom is -0.463 e. The fourth-order valence-corrected chi connectivity index (χ4v) is 4.01. The third-order valence-electron chi connectivity index (χ3n) is 6.20. The Morgan fingerprint density at radius 2 is 0.735 bits per heavy atom. The van der Waals surface area contributed by atoms with Gasteiger partial charge in [-0.25, -0.2) is 9.59 Å². The first-order valence-electron chi connectivity index (χ1n) is 14.4. The number of hydrogen-bond acceptors (Lipinski definition) is 4. The number of carbonyl (C=O) groups is 2. The molecule has 0 bridgehead atoms. The molecule has 0 aliphatic carbocycles. The number of ether oxygens (including phenoxy) is 2. The van der Waals surface area contributed by atoms with Crippen molar-refractivity contribution in [1.82, 2.24) is 0 Å². The van der Waals surface area contributed by atoms with Crippen LogP contribution in [0.1, 0.15) is 143 Å². The summed E-state index contributed by atoms with van der Waals surface area (Å²) in [5, 5.41) is 0. The lowest BCUT2D eigenvalue weighted by molar-refractivity contribution is -0.140. The van der Waals surface area contributed by atoms with E-state index in [-0.39, 0.29) is 0 Å². The van der Waals surface area contributed by atoms with Crippen molar-refractivity contribution in [3.63, 3.8) is 0 Å². The van der Waals surface area contributed by atoms with Gasteiger partial charge in [0.05, 0.1) is 13.2 Å². The Labute approximate surface area is 211 Å². The number of esters is 2. The van der Waals surface area contributed by atoms with Gasteiger partial charge in [0.25, 0.3) is 0 Å². The van der Waals surface area contributed by atoms with E-state index in [1.165, 1.54) is 102 Å². The molecule has 0 rings (SSSR count). The van der Waals surface area contributed by atoms with Gasteiger partial charge in [-0.1, -0.05) is 130 Å². The van der Waals surface area contributed by atoms with Crippen molar-refractivity contribution >= 4 is 11.9 Å². The van der Waals surface area contributed by atoms with E-state index >= 15 is 0 Å². The second-order valence-corrected chi connectivity index (χ2v) is 10.7. The zero-order valence-electron chi connectivity index (χ0n) is 23.1. The molecule has 200 valence electrons. The summed E-state index contributed by atoms with van der Waals surface area (Å²) in [5.41, 5.74) is 0. The molecule has 0 aromatic rings. The zero-order chi connectivity index (χ0) is 25.3. The summed E-state index contributed by atoms with van der Waals surface area (Å²) >= 11 is 0. The standard InChI is InChI=1S/C30H56O4/c1-27(2)21-17-13-9-5-7-11-15-19-25-33-29(31)23-24-30(32)34-26-20-16-12-8-6-10-14-18-22-28(3)4/h23-24,27-28H,5-22,25-26H2,1-4H3/b24-23+. The summed E-state index contributed by atoms with van der Waals surface area (Å²) in [6, 6.07) is 0. The number of rotatable bonds is 24. The van der Waals surface area contributed by atoms with E-state index in [2.05, 4.69) is 27.7 Å². The van der Waals surface area contributed by atoms with Gasteiger partial charge in [-0.3, -0.25) is 0 Å². The highest BCUT2D eigenvalue weighted by Gasteiger charge is 2.02. The molecule has 0 saturated heterocycles. The van der Waals surface area contributed by atoms with E-state index in [9.17, 15) is 9.59 Å². The summed E-state index contributed by atoms with van der Waals surface area (Å²) in [5.74, 6) is 0.717. The predicted octanol–water partition coefficient (Wildman–Crippen LogP) is 8.96. The van der Waals surface area contributed by atoms with Crippen LogP contribution in [0.25, 0.3) is 0 Å². The first-order chi connectivity index (χ1) is 16.4. The monoisotopic (exact) mass is 480 g/mol. The molecule has 0 aromatic carbocycles. The van der Waals surface area contributed by atoms with Gasteiger partial charge in [-0.15, -0.1) is 0 Å². The fourth-order valence-electron chi connectivity index (χ4n) is 4.01. The van der Waals surface area contributed by atoms with Gasteiger partial charge in [0.15, 0.2) is 0 Å². The van der Waals surface area contributed by atoms with Crippen LogP contribution in [0.3, 0.4) is 0 Å². The van der Waals surface area contributed by atoms with Crippen LogP contribution in [-0.2, 0) is 19.1 Å². The van der Waals surface area contributed by atoms with Crippen LogP contribution in [0.4, 0.5) is 0 Å². The molecule has 0 heterocycles. The summed E-state index contributed by atoms with van der Waals surface area (Å²) in [6.45, 7) is 9.99. The molecule has 0 aliphatic heterocycles. The van der Waals surface area contributed by atoms with Crippen molar-refractivity contribution in [2.24, 2.45) is 11.8 Å². The summed E-state index contributed by atoms with van der Waals surface area (Å²) in [4.78, 5) is 23.4. The number of carbonyl (C=O) groups excluding carboxylic acids is 2. The maximum Gasteiger partial charge on any atom is 0.331 e. The molecule has 0 saturated carbocycles. The Balaban J connectivity index is 3.41. The average molecular weight is 481 g/mol. The summed E-state index contributed by atoms with van der Waals surface area (Å²) in [7, 11) is 0. The third-order valence-corrected chi connectivity index (χ3v) is 6.20. The SMILES string of the molecule is CC(C)CCCCCCCCCCOC(=O)/C=C/C(=O)OCCCCCCCCCCC(C)C. The highest BCUT2D eigenvalue weighted by Crippen LogP contribution is 2.13. The van der Waals surface area contributed by atoms with Gasteiger partial charge < -0.3 is 9.47 Å². The molecule has 0 spiro atoms. The molecule has 4 heteroatoms. The summed E-state index contributed by atoms with van der Waals surface area (Å²) in [6.07, 6.45) is 24.6. The third kappa shape index (κ3) is 26.9. The van der Waals surface area contributed by atoms with Crippen molar-refractivity contribution in [3.8, 4) is 0 Å². The van der Waals surface area contributed by atoms with Gasteiger partial charge in [-0.05, 0) is 24.7 Å². The molecule has 0 aromatic heterocycles. The number of unbranched alkanes of at least 4 members (excludes halogenated alkanes) is 14. The minimum atomic E-state index is -0.463. The van der Waals surface area contributed by atoms with Crippen LogP contribution < -0.4 is 0 Å². The maximum atomic E-state index is 11.7. The average Bonchev–Trinajstić information content (AvgIpc) is 2.79. The minimum absolute atomic E-state index is 0.421. The van der Waals surface area contributed by atoms with Crippen LogP contribution in [0.2, 0.25) is 0 Å². The van der Waals surface area contributed by atoms with Gasteiger partial charge in [0.1, 0.15) is 0 Å². The molecular formula is C30H56O4. The lowest BCUT2D eigenvalue weighted by atomic mass is 10.0. The van der Waals surface area contributed by atoms with Crippen LogP contribution in [0, 0.1) is 11.8 Å². The molecule has 0 fully saturated rings. The second kappa shape index (κ2) is 24.8. The van der Waals surface area contributed by atoms with Crippen molar-refractivity contribution in [1.29, 1.82) is 0 Å². The quantitative estimate of drug-likeness (QED) is 0.0785. The lowest BCUT2D eigenvalue weighted by Gasteiger charge is -2.05. The van der Waals surface area contributed by atoms with E-state index in [1.807, 2.05) is 0 Å². The van der Waals surface area contributed by atoms with Crippen molar-refractivity contribution in [3.05, 3.63) is 12.2 Å². The van der Waals surface area contributed by atoms with Crippen LogP contribution in [0.15, 0.2) is 12.2 Å². The van der Waals surface area contributed by atoms with E-state index in [0.717, 1.165) is 37.5 Å². The first kappa shape index (κ1) is 32.7. The number of hydrogen-bond donors (Lipinski definition) is 0. The largest absolute Gasteiger partial charge is 0.463 e. The van der Waals surface area contributed by atoms with E-state index in [4.69, 9.17) is 9.47 Å². The zero-order valence-corrected chi connectivity index (χ0v) is 23.1. The maximum absolute atomic E-state index is 11.7. The molecular weight excluding hydrogens is 424 g/mol. The molecule has 0 aliphatic rings. The molecule has 0 radical (unpaired) electrons. The van der Waals surface area contributed by atoms with Crippen molar-refractivity contribution in [2.75, 3.05) is 13.2 Å². The van der Waals surface area contributed by atoms with E-state index in [1.54, 1.807) is 0 Å². The van der Waals surface area contributed by atoms with Crippen LogP contribution in [-0.4, -0.2) is 25.2 Å². The van der Waals surface area contributed by atoms with Crippen LogP contribution >= 0.6 is 0 Å². The van der Waals surface area contributed by atoms with Gasteiger partial charge in [-0.2, -0.15) is 0 Å². The van der Waals surface area contributed by atoms with Crippen molar-refractivity contribution in [2.45, 2.75) is 143 Å². The molecule has 0 unspecified atom stereocenters. The molecule has 0 N–H and O–H groups in total. The highest BCUT2D eigenvalue weighted by atomic mass is 16.5. The van der Waals surface area contributed by atoms with Gasteiger partial charge >= 0.3 is 11.9 Å². The molecule has 0 atom stereocenters. The van der Waals surface area contributed by atoms with E-state index in [0.29, 0.717) is 13.2 Å². The Kier molecular flexibility index (Phi) is 23.8. The Morgan fingerprint density at radius 3 is 1.03 bits per heavy atom. The Morgan fingerprint density at radius 1 is 0.471 bits per heavy atom. The van der Waals surface area contributed by atoms with Gasteiger partial charge in [0.2, 0.25) is 0 Å².